The maximum Gasteiger partial charge on any atom is 0.279 e. The predicted molar refractivity (Wildman–Crippen MR) is 80.8 cm³/mol. The van der Waals surface area contributed by atoms with Gasteiger partial charge in [-0.25, -0.2) is 4.72 Å². The minimum absolute atomic E-state index is 0.234. The first kappa shape index (κ1) is 15.4. The fourth-order valence-corrected chi connectivity index (χ4v) is 3.63. The van der Waals surface area contributed by atoms with E-state index in [9.17, 15) is 8.42 Å². The van der Waals surface area contributed by atoms with Crippen molar-refractivity contribution in [1.29, 1.82) is 0 Å². The van der Waals surface area contributed by atoms with Crippen molar-refractivity contribution in [3.05, 3.63) is 35.9 Å². The van der Waals surface area contributed by atoms with E-state index in [-0.39, 0.29) is 5.41 Å². The molecular formula is C14H23N3O2S. The molecule has 0 aliphatic carbocycles. The van der Waals surface area contributed by atoms with Crippen molar-refractivity contribution in [1.82, 2.24) is 14.3 Å². The molecule has 5 nitrogen and oxygen atoms in total. The molecule has 0 aromatic heterocycles. The van der Waals surface area contributed by atoms with Crippen molar-refractivity contribution >= 4 is 10.2 Å². The van der Waals surface area contributed by atoms with Crippen molar-refractivity contribution in [2.45, 2.75) is 19.3 Å². The number of nitrogens with one attached hydrogen (secondary N) is 2. The van der Waals surface area contributed by atoms with Gasteiger partial charge in [-0.1, -0.05) is 44.2 Å². The maximum atomic E-state index is 12.3. The van der Waals surface area contributed by atoms with Gasteiger partial charge < -0.3 is 5.32 Å². The van der Waals surface area contributed by atoms with E-state index in [1.807, 2.05) is 44.2 Å². The van der Waals surface area contributed by atoms with E-state index in [2.05, 4.69) is 10.0 Å². The van der Waals surface area contributed by atoms with Crippen LogP contribution in [0, 0.1) is 0 Å². The Labute approximate surface area is 121 Å². The van der Waals surface area contributed by atoms with Crippen LogP contribution in [0.15, 0.2) is 30.3 Å². The summed E-state index contributed by atoms with van der Waals surface area (Å²) in [5, 5.41) is 3.15. The first-order valence-electron chi connectivity index (χ1n) is 6.93. The van der Waals surface area contributed by atoms with Crippen molar-refractivity contribution in [3.63, 3.8) is 0 Å². The van der Waals surface area contributed by atoms with E-state index in [0.29, 0.717) is 32.7 Å². The van der Waals surface area contributed by atoms with Crippen LogP contribution in [0.1, 0.15) is 19.4 Å². The summed E-state index contributed by atoms with van der Waals surface area (Å²) in [6.07, 6.45) is 0. The molecule has 1 fully saturated rings. The van der Waals surface area contributed by atoms with Gasteiger partial charge in [-0.15, -0.1) is 0 Å². The topological polar surface area (TPSA) is 61.4 Å². The van der Waals surface area contributed by atoms with Crippen LogP contribution in [0.2, 0.25) is 0 Å². The van der Waals surface area contributed by atoms with Crippen LogP contribution in [0.25, 0.3) is 0 Å². The van der Waals surface area contributed by atoms with Crippen molar-refractivity contribution < 1.29 is 8.42 Å². The average Bonchev–Trinajstić information content (AvgIpc) is 2.47. The standard InChI is InChI=1S/C14H23N3O2S/c1-14(2,13-6-4-3-5-7-13)12-16-20(18,19)17-10-8-15-9-11-17/h3-7,15-16H,8-12H2,1-2H3. The van der Waals surface area contributed by atoms with Gasteiger partial charge in [0, 0.05) is 38.1 Å². The van der Waals surface area contributed by atoms with Gasteiger partial charge in [0.05, 0.1) is 0 Å². The zero-order chi connectivity index (χ0) is 14.6. The van der Waals surface area contributed by atoms with Crippen LogP contribution in [0.3, 0.4) is 0 Å². The molecule has 0 radical (unpaired) electrons. The van der Waals surface area contributed by atoms with Crippen LogP contribution < -0.4 is 10.0 Å². The smallest absolute Gasteiger partial charge is 0.279 e. The van der Waals surface area contributed by atoms with Crippen LogP contribution in [0.5, 0.6) is 0 Å². The summed E-state index contributed by atoms with van der Waals surface area (Å²) < 4.78 is 28.7. The molecule has 2 N–H and O–H groups in total. The van der Waals surface area contributed by atoms with Crippen LogP contribution in [-0.4, -0.2) is 45.4 Å². The summed E-state index contributed by atoms with van der Waals surface area (Å²) in [5.74, 6) is 0. The van der Waals surface area contributed by atoms with Gasteiger partial charge in [-0.3, -0.25) is 0 Å². The molecule has 1 saturated heterocycles. The Hall–Kier alpha value is -0.950. The van der Waals surface area contributed by atoms with Crippen molar-refractivity contribution in [2.75, 3.05) is 32.7 Å². The van der Waals surface area contributed by atoms with Gasteiger partial charge in [0.2, 0.25) is 0 Å². The zero-order valence-electron chi connectivity index (χ0n) is 12.1. The Balaban J connectivity index is 2.00. The molecule has 0 amide bonds. The molecule has 0 spiro atoms. The highest BCUT2D eigenvalue weighted by atomic mass is 32.2. The Bertz CT molecular complexity index is 523. The van der Waals surface area contributed by atoms with Gasteiger partial charge in [-0.05, 0) is 5.56 Å². The Kier molecular flexibility index (Phi) is 4.80. The second kappa shape index (κ2) is 6.22. The normalized spacial score (nSPS) is 18.1. The monoisotopic (exact) mass is 297 g/mol. The van der Waals surface area contributed by atoms with Crippen LogP contribution in [0.4, 0.5) is 0 Å². The highest BCUT2D eigenvalue weighted by Gasteiger charge is 2.27. The second-order valence-electron chi connectivity index (χ2n) is 5.73. The highest BCUT2D eigenvalue weighted by molar-refractivity contribution is 7.87. The van der Waals surface area contributed by atoms with Crippen LogP contribution in [-0.2, 0) is 15.6 Å². The molecule has 0 unspecified atom stereocenters. The number of rotatable bonds is 5. The maximum absolute atomic E-state index is 12.3. The molecule has 1 aliphatic rings. The third-order valence-electron chi connectivity index (χ3n) is 3.67. The SMILES string of the molecule is CC(C)(CNS(=O)(=O)N1CCNCC1)c1ccccc1. The molecule has 1 aromatic carbocycles. The minimum atomic E-state index is -3.38. The summed E-state index contributed by atoms with van der Waals surface area (Å²) in [4.78, 5) is 0. The summed E-state index contributed by atoms with van der Waals surface area (Å²) in [6, 6.07) is 9.96. The molecule has 6 heteroatoms. The first-order valence-corrected chi connectivity index (χ1v) is 8.37. The summed E-state index contributed by atoms with van der Waals surface area (Å²) >= 11 is 0. The second-order valence-corrected chi connectivity index (χ2v) is 7.48. The summed E-state index contributed by atoms with van der Waals surface area (Å²) in [7, 11) is -3.38. The first-order chi connectivity index (χ1) is 9.42. The number of benzene rings is 1. The predicted octanol–water partition coefficient (Wildman–Crippen LogP) is 0.704. The Morgan fingerprint density at radius 3 is 2.40 bits per heavy atom. The summed E-state index contributed by atoms with van der Waals surface area (Å²) in [6.45, 7) is 6.96. The number of hydrogen-bond donors (Lipinski definition) is 2. The van der Waals surface area contributed by atoms with Gasteiger partial charge >= 0.3 is 0 Å². The van der Waals surface area contributed by atoms with E-state index < -0.39 is 10.2 Å². The molecule has 2 rings (SSSR count). The largest absolute Gasteiger partial charge is 0.314 e. The molecule has 1 aliphatic heterocycles. The molecule has 112 valence electrons. The van der Waals surface area contributed by atoms with E-state index >= 15 is 0 Å². The molecule has 20 heavy (non-hydrogen) atoms. The lowest BCUT2D eigenvalue weighted by Gasteiger charge is -2.30. The van der Waals surface area contributed by atoms with E-state index in [4.69, 9.17) is 0 Å². The van der Waals surface area contributed by atoms with Crippen molar-refractivity contribution in [2.24, 2.45) is 0 Å². The molecular weight excluding hydrogens is 274 g/mol. The number of nitrogens with zero attached hydrogens (tertiary/aromatic N) is 1. The molecule has 1 heterocycles. The molecule has 1 aromatic rings. The van der Waals surface area contributed by atoms with Gasteiger partial charge in [-0.2, -0.15) is 12.7 Å². The van der Waals surface area contributed by atoms with Gasteiger partial charge in [0.1, 0.15) is 0 Å². The van der Waals surface area contributed by atoms with Crippen LogP contribution >= 0.6 is 0 Å². The third kappa shape index (κ3) is 3.79. The molecule has 0 atom stereocenters. The molecule has 0 bridgehead atoms. The average molecular weight is 297 g/mol. The van der Waals surface area contributed by atoms with E-state index in [0.717, 1.165) is 5.56 Å². The summed E-state index contributed by atoms with van der Waals surface area (Å²) in [5.41, 5.74) is 0.894. The lowest BCUT2D eigenvalue weighted by atomic mass is 9.85. The van der Waals surface area contributed by atoms with Gasteiger partial charge in [0.25, 0.3) is 10.2 Å². The van der Waals surface area contributed by atoms with Crippen molar-refractivity contribution in [3.8, 4) is 0 Å². The van der Waals surface area contributed by atoms with E-state index in [1.54, 1.807) is 0 Å². The highest BCUT2D eigenvalue weighted by Crippen LogP contribution is 2.22. The minimum Gasteiger partial charge on any atom is -0.314 e. The van der Waals surface area contributed by atoms with Gasteiger partial charge in [0.15, 0.2) is 0 Å². The zero-order valence-corrected chi connectivity index (χ0v) is 12.9. The lowest BCUT2D eigenvalue weighted by Crippen LogP contribution is -2.52. The number of hydrogen-bond acceptors (Lipinski definition) is 3. The molecule has 0 saturated carbocycles. The Morgan fingerprint density at radius 2 is 1.80 bits per heavy atom. The Morgan fingerprint density at radius 1 is 1.20 bits per heavy atom. The fourth-order valence-electron chi connectivity index (χ4n) is 2.24. The quantitative estimate of drug-likeness (QED) is 0.841. The lowest BCUT2D eigenvalue weighted by molar-refractivity contribution is 0.351. The fraction of sp³-hybridized carbons (Fsp3) is 0.571. The third-order valence-corrected chi connectivity index (χ3v) is 5.22. The number of piperazine rings is 1. The van der Waals surface area contributed by atoms with E-state index in [1.165, 1.54) is 4.31 Å².